The fourth-order valence-electron chi connectivity index (χ4n) is 4.43. The largest absolute Gasteiger partial charge is 0.416 e. The third-order valence-corrected chi connectivity index (χ3v) is 5.98. The van der Waals surface area contributed by atoms with Crippen LogP contribution < -0.4 is 9.80 Å². The van der Waals surface area contributed by atoms with Crippen LogP contribution >= 0.6 is 0 Å². The lowest BCUT2D eigenvalue weighted by Crippen LogP contribution is -2.43. The molecule has 0 aromatic heterocycles. The van der Waals surface area contributed by atoms with Gasteiger partial charge in [0.2, 0.25) is 0 Å². The highest BCUT2D eigenvalue weighted by Gasteiger charge is 2.53. The van der Waals surface area contributed by atoms with Crippen LogP contribution in [0.1, 0.15) is 36.6 Å². The fraction of sp³-hybridized carbons (Fsp3) is 0.231. The van der Waals surface area contributed by atoms with Gasteiger partial charge in [0, 0.05) is 11.4 Å². The van der Waals surface area contributed by atoms with E-state index in [-0.39, 0.29) is 6.03 Å². The van der Waals surface area contributed by atoms with Crippen molar-refractivity contribution >= 4 is 23.1 Å². The van der Waals surface area contributed by atoms with Crippen molar-refractivity contribution in [3.05, 3.63) is 101 Å². The lowest BCUT2D eigenvalue weighted by molar-refractivity contribution is -0.137. The Hall–Kier alpha value is -3.79. The highest BCUT2D eigenvalue weighted by atomic mass is 19.4. The minimum absolute atomic E-state index is 0.346. The molecule has 1 heterocycles. The molecule has 1 saturated heterocycles. The monoisotopic (exact) mass is 449 g/mol. The number of alkyl halides is 3. The van der Waals surface area contributed by atoms with E-state index in [9.17, 15) is 18.0 Å². The number of anilines is 2. The number of nitrogens with zero attached hydrogens (tertiary/aromatic N) is 3. The Labute approximate surface area is 190 Å². The number of urea groups is 1. The summed E-state index contributed by atoms with van der Waals surface area (Å²) in [5.74, 6) is 0. The van der Waals surface area contributed by atoms with Crippen LogP contribution in [0.5, 0.6) is 0 Å². The third kappa shape index (κ3) is 3.93. The standard InChI is InChI=1S/C26H22F3N3O/c1-17-8-12-21(13-9-17)31-23(18-6-5-7-20(16-18)30-4)25(2,3)32(24(31)33)22-14-10-19(11-15-22)26(27,28)29/h5-16,23H,1-3H3/t23-/m1/s1. The topological polar surface area (TPSA) is 27.9 Å². The minimum atomic E-state index is -4.46. The van der Waals surface area contributed by atoms with E-state index in [0.29, 0.717) is 17.1 Å². The van der Waals surface area contributed by atoms with Crippen molar-refractivity contribution in [3.63, 3.8) is 0 Å². The van der Waals surface area contributed by atoms with E-state index in [0.717, 1.165) is 23.3 Å². The number of hydrogen-bond acceptors (Lipinski definition) is 1. The van der Waals surface area contributed by atoms with E-state index in [1.807, 2.05) is 51.1 Å². The van der Waals surface area contributed by atoms with Crippen LogP contribution in [-0.2, 0) is 6.18 Å². The number of carbonyl (C=O) groups excluding carboxylic acids is 1. The lowest BCUT2D eigenvalue weighted by atomic mass is 9.87. The maximum Gasteiger partial charge on any atom is 0.416 e. The van der Waals surface area contributed by atoms with Crippen LogP contribution in [0.3, 0.4) is 0 Å². The molecular formula is C26H22F3N3O. The zero-order valence-electron chi connectivity index (χ0n) is 18.4. The normalized spacial score (nSPS) is 17.8. The van der Waals surface area contributed by atoms with Gasteiger partial charge in [0.05, 0.1) is 23.7 Å². The molecule has 4 rings (SSSR count). The van der Waals surface area contributed by atoms with Crippen molar-refractivity contribution in [2.75, 3.05) is 9.80 Å². The Morgan fingerprint density at radius 1 is 0.939 bits per heavy atom. The molecule has 1 atom stereocenters. The maximum absolute atomic E-state index is 13.8. The van der Waals surface area contributed by atoms with Gasteiger partial charge in [-0.1, -0.05) is 42.0 Å². The molecule has 0 spiro atoms. The Morgan fingerprint density at radius 3 is 2.12 bits per heavy atom. The van der Waals surface area contributed by atoms with Gasteiger partial charge in [0.1, 0.15) is 0 Å². The van der Waals surface area contributed by atoms with Gasteiger partial charge in [0.25, 0.3) is 0 Å². The van der Waals surface area contributed by atoms with Gasteiger partial charge in [0.15, 0.2) is 5.69 Å². The molecule has 3 aromatic rings. The van der Waals surface area contributed by atoms with Gasteiger partial charge in [-0.15, -0.1) is 0 Å². The molecule has 7 heteroatoms. The Morgan fingerprint density at radius 2 is 1.55 bits per heavy atom. The van der Waals surface area contributed by atoms with E-state index < -0.39 is 23.3 Å². The molecule has 0 radical (unpaired) electrons. The molecule has 0 N–H and O–H groups in total. The zero-order chi connectivity index (χ0) is 24.0. The average molecular weight is 449 g/mol. The molecule has 0 saturated carbocycles. The van der Waals surface area contributed by atoms with Gasteiger partial charge in [-0.05, 0) is 62.7 Å². The quantitative estimate of drug-likeness (QED) is 0.380. The molecule has 0 bridgehead atoms. The SMILES string of the molecule is [C-]#[N+]c1cccc([C@H]2N(c3ccc(C)cc3)C(=O)N(c3ccc(C(F)(F)F)cc3)C2(C)C)c1. The third-order valence-electron chi connectivity index (χ3n) is 5.98. The second-order valence-corrected chi connectivity index (χ2v) is 8.63. The number of carbonyl (C=O) groups is 1. The summed E-state index contributed by atoms with van der Waals surface area (Å²) in [6.45, 7) is 13.1. The smallest absolute Gasteiger partial charge is 0.286 e. The number of rotatable bonds is 3. The van der Waals surface area contributed by atoms with Crippen molar-refractivity contribution in [3.8, 4) is 0 Å². The number of amides is 2. The Kier molecular flexibility index (Phi) is 5.41. The minimum Gasteiger partial charge on any atom is -0.286 e. The van der Waals surface area contributed by atoms with Crippen molar-refractivity contribution in [2.24, 2.45) is 0 Å². The summed E-state index contributed by atoms with van der Waals surface area (Å²) in [5.41, 5.74) is 1.71. The van der Waals surface area contributed by atoms with Crippen molar-refractivity contribution in [1.29, 1.82) is 0 Å². The first kappa shape index (κ1) is 22.4. The molecule has 1 aliphatic rings. The second kappa shape index (κ2) is 7.96. The molecule has 0 unspecified atom stereocenters. The summed E-state index contributed by atoms with van der Waals surface area (Å²) in [5, 5.41) is 0. The van der Waals surface area contributed by atoms with Crippen molar-refractivity contribution < 1.29 is 18.0 Å². The van der Waals surface area contributed by atoms with E-state index in [4.69, 9.17) is 6.57 Å². The maximum atomic E-state index is 13.8. The zero-order valence-corrected chi connectivity index (χ0v) is 18.4. The first-order chi connectivity index (χ1) is 15.5. The molecule has 33 heavy (non-hydrogen) atoms. The fourth-order valence-corrected chi connectivity index (χ4v) is 4.43. The first-order valence-corrected chi connectivity index (χ1v) is 10.4. The molecular weight excluding hydrogens is 427 g/mol. The van der Waals surface area contributed by atoms with Crippen LogP contribution in [0.15, 0.2) is 72.8 Å². The average Bonchev–Trinajstić information content (AvgIpc) is 2.98. The highest BCUT2D eigenvalue weighted by Crippen LogP contribution is 2.48. The van der Waals surface area contributed by atoms with Crippen molar-refractivity contribution in [1.82, 2.24) is 0 Å². The van der Waals surface area contributed by atoms with Crippen LogP contribution in [0.2, 0.25) is 0 Å². The number of hydrogen-bond donors (Lipinski definition) is 0. The predicted octanol–water partition coefficient (Wildman–Crippen LogP) is 7.53. The molecule has 1 aliphatic heterocycles. The second-order valence-electron chi connectivity index (χ2n) is 8.63. The summed E-state index contributed by atoms with van der Waals surface area (Å²) in [6, 6.07) is 18.4. The predicted molar refractivity (Wildman–Crippen MR) is 123 cm³/mol. The summed E-state index contributed by atoms with van der Waals surface area (Å²) >= 11 is 0. The van der Waals surface area contributed by atoms with Crippen molar-refractivity contribution in [2.45, 2.75) is 38.5 Å². The molecule has 2 amide bonds. The Bertz CT molecular complexity index is 1230. The molecule has 4 nitrogen and oxygen atoms in total. The Balaban J connectivity index is 1.87. The van der Waals surface area contributed by atoms with Crippen LogP contribution in [0.4, 0.5) is 35.0 Å². The summed E-state index contributed by atoms with van der Waals surface area (Å²) in [4.78, 5) is 20.5. The number of halogens is 3. The van der Waals surface area contributed by atoms with Gasteiger partial charge in [-0.25, -0.2) is 9.64 Å². The van der Waals surface area contributed by atoms with Crippen LogP contribution in [-0.4, -0.2) is 11.6 Å². The summed E-state index contributed by atoms with van der Waals surface area (Å²) < 4.78 is 39.3. The van der Waals surface area contributed by atoms with Gasteiger partial charge >= 0.3 is 12.2 Å². The van der Waals surface area contributed by atoms with Gasteiger partial charge in [-0.3, -0.25) is 9.80 Å². The summed E-state index contributed by atoms with van der Waals surface area (Å²) in [6.07, 6.45) is -4.46. The van der Waals surface area contributed by atoms with Crippen LogP contribution in [0, 0.1) is 13.5 Å². The van der Waals surface area contributed by atoms with Gasteiger partial charge in [-0.2, -0.15) is 13.2 Å². The van der Waals surface area contributed by atoms with Gasteiger partial charge < -0.3 is 0 Å². The van der Waals surface area contributed by atoms with E-state index in [2.05, 4.69) is 4.85 Å². The van der Waals surface area contributed by atoms with E-state index in [1.54, 1.807) is 23.1 Å². The molecule has 168 valence electrons. The summed E-state index contributed by atoms with van der Waals surface area (Å²) in [7, 11) is 0. The molecule has 0 aliphatic carbocycles. The highest BCUT2D eigenvalue weighted by molar-refractivity contribution is 6.08. The number of aryl methyl sites for hydroxylation is 1. The first-order valence-electron chi connectivity index (χ1n) is 10.4. The molecule has 1 fully saturated rings. The number of benzene rings is 3. The van der Waals surface area contributed by atoms with E-state index in [1.165, 1.54) is 17.0 Å². The van der Waals surface area contributed by atoms with E-state index >= 15 is 0 Å². The van der Waals surface area contributed by atoms with Crippen LogP contribution in [0.25, 0.3) is 4.85 Å². The molecule has 3 aromatic carbocycles. The lowest BCUT2D eigenvalue weighted by Gasteiger charge is -2.35.